The van der Waals surface area contributed by atoms with Crippen LogP contribution in [0.2, 0.25) is 0 Å². The zero-order chi connectivity index (χ0) is 33.4. The van der Waals surface area contributed by atoms with Crippen molar-refractivity contribution in [2.24, 2.45) is 5.92 Å². The van der Waals surface area contributed by atoms with Crippen LogP contribution in [0.25, 0.3) is 11.3 Å². The van der Waals surface area contributed by atoms with Crippen molar-refractivity contribution in [1.82, 2.24) is 20.2 Å². The Morgan fingerprint density at radius 2 is 1.76 bits per heavy atom. The monoisotopic (exact) mass is 649 g/mol. The molecule has 12 heteroatoms. The molecule has 2 aromatic carbocycles. The molecule has 1 fully saturated rings. The predicted molar refractivity (Wildman–Crippen MR) is 175 cm³/mol. The van der Waals surface area contributed by atoms with Crippen molar-refractivity contribution in [3.8, 4) is 17.1 Å². The molecule has 4 bridgehead atoms. The summed E-state index contributed by atoms with van der Waals surface area (Å²) in [5.74, 6) is -0.0239. The number of rotatable bonds is 5. The number of carbonyl (C=O) groups excluding carboxylic acids is 2. The van der Waals surface area contributed by atoms with Crippen LogP contribution >= 0.6 is 0 Å². The van der Waals surface area contributed by atoms with Crippen molar-refractivity contribution in [2.45, 2.75) is 96.4 Å². The minimum Gasteiger partial charge on any atom is -0.475 e. The average Bonchev–Trinajstić information content (AvgIpc) is 2.92. The van der Waals surface area contributed by atoms with Crippen LogP contribution in [0.5, 0.6) is 5.88 Å². The van der Waals surface area contributed by atoms with Gasteiger partial charge in [0.25, 0.3) is 15.9 Å². The fourth-order valence-electron chi connectivity index (χ4n) is 6.04. The molecule has 1 saturated carbocycles. The highest BCUT2D eigenvalue weighted by Crippen LogP contribution is 2.34. The molecular weight excluding hydrogens is 606 g/mol. The van der Waals surface area contributed by atoms with E-state index in [0.717, 1.165) is 16.7 Å². The van der Waals surface area contributed by atoms with Crippen LogP contribution in [0.3, 0.4) is 0 Å². The molecule has 1 atom stereocenters. The molecule has 0 spiro atoms. The molecule has 3 aromatic rings. The lowest BCUT2D eigenvalue weighted by Gasteiger charge is -2.46. The van der Waals surface area contributed by atoms with Crippen LogP contribution in [0.1, 0.15) is 75.4 Å². The molecule has 0 radical (unpaired) electrons. The Morgan fingerprint density at radius 1 is 1.09 bits per heavy atom. The van der Waals surface area contributed by atoms with Crippen LogP contribution in [0, 0.1) is 19.8 Å². The van der Waals surface area contributed by atoms with E-state index in [9.17, 15) is 18.0 Å². The Morgan fingerprint density at radius 3 is 2.41 bits per heavy atom. The van der Waals surface area contributed by atoms with Crippen molar-refractivity contribution < 1.29 is 27.5 Å². The quantitative estimate of drug-likeness (QED) is 0.350. The highest BCUT2D eigenvalue weighted by atomic mass is 32.2. The number of nitrogens with one attached hydrogen (secondary N) is 2. The molecule has 2 amide bonds. The number of amides is 2. The van der Waals surface area contributed by atoms with Gasteiger partial charge in [-0.3, -0.25) is 4.79 Å². The second-order valence-corrected chi connectivity index (χ2v) is 15.3. The van der Waals surface area contributed by atoms with E-state index in [1.807, 2.05) is 32.0 Å². The number of alkyl carbamates (subject to hydrolysis) is 1. The third kappa shape index (κ3) is 7.60. The van der Waals surface area contributed by atoms with E-state index in [1.165, 1.54) is 12.1 Å². The smallest absolute Gasteiger partial charge is 0.407 e. The largest absolute Gasteiger partial charge is 0.475 e. The zero-order valence-corrected chi connectivity index (χ0v) is 28.3. The molecule has 2 aliphatic rings. The molecule has 0 saturated heterocycles. The number of carbonyl (C=O) groups is 2. The molecule has 2 heterocycles. The van der Waals surface area contributed by atoms with E-state index in [4.69, 9.17) is 9.47 Å². The van der Waals surface area contributed by atoms with Crippen molar-refractivity contribution in [2.75, 3.05) is 11.3 Å². The molecule has 246 valence electrons. The normalized spacial score (nSPS) is 21.1. The van der Waals surface area contributed by atoms with Gasteiger partial charge < -0.3 is 19.7 Å². The number of aryl methyl sites for hydroxylation is 2. The van der Waals surface area contributed by atoms with Crippen LogP contribution < -0.4 is 14.8 Å². The minimum absolute atomic E-state index is 0.0837. The number of aromatic nitrogens is 2. The van der Waals surface area contributed by atoms with Gasteiger partial charge in [0.2, 0.25) is 11.8 Å². The molecule has 1 aromatic heterocycles. The number of benzene rings is 2. The van der Waals surface area contributed by atoms with Gasteiger partial charge >= 0.3 is 6.09 Å². The number of ether oxygens (including phenoxy) is 2. The van der Waals surface area contributed by atoms with E-state index < -0.39 is 21.7 Å². The van der Waals surface area contributed by atoms with E-state index in [0.29, 0.717) is 25.0 Å². The first-order chi connectivity index (χ1) is 21.6. The summed E-state index contributed by atoms with van der Waals surface area (Å²) in [6, 6.07) is 12.8. The summed E-state index contributed by atoms with van der Waals surface area (Å²) in [5, 5.41) is 2.91. The average molecular weight is 650 g/mol. The molecule has 11 nitrogen and oxygen atoms in total. The lowest BCUT2D eigenvalue weighted by Crippen LogP contribution is -2.59. The third-order valence-electron chi connectivity index (χ3n) is 8.08. The summed E-state index contributed by atoms with van der Waals surface area (Å²) >= 11 is 0. The van der Waals surface area contributed by atoms with Gasteiger partial charge in [0.1, 0.15) is 12.2 Å². The van der Waals surface area contributed by atoms with Gasteiger partial charge in [-0.1, -0.05) is 38.1 Å². The number of hydrogen-bond acceptors (Lipinski definition) is 8. The van der Waals surface area contributed by atoms with Gasteiger partial charge in [0.05, 0.1) is 16.6 Å². The summed E-state index contributed by atoms with van der Waals surface area (Å²) in [6.07, 6.45) is 1.17. The fourth-order valence-corrected chi connectivity index (χ4v) is 7.03. The summed E-state index contributed by atoms with van der Waals surface area (Å²) in [4.78, 5) is 37.5. The van der Waals surface area contributed by atoms with Gasteiger partial charge in [-0.2, -0.15) is 4.98 Å². The number of anilines is 1. The van der Waals surface area contributed by atoms with Crippen molar-refractivity contribution in [3.05, 3.63) is 65.2 Å². The zero-order valence-electron chi connectivity index (χ0n) is 27.5. The van der Waals surface area contributed by atoms with E-state index in [1.54, 1.807) is 43.9 Å². The maximum atomic E-state index is 14.3. The molecular formula is C34H43N5O6S. The van der Waals surface area contributed by atoms with E-state index in [-0.39, 0.29) is 58.8 Å². The van der Waals surface area contributed by atoms with Gasteiger partial charge in [-0.25, -0.2) is 22.9 Å². The summed E-state index contributed by atoms with van der Waals surface area (Å²) in [6.45, 7) is 13.6. The van der Waals surface area contributed by atoms with Gasteiger partial charge in [0, 0.05) is 29.3 Å². The number of nitrogens with zero attached hydrogens (tertiary/aromatic N) is 3. The van der Waals surface area contributed by atoms with Crippen LogP contribution in [0.4, 0.5) is 10.7 Å². The van der Waals surface area contributed by atoms with Gasteiger partial charge in [-0.05, 0) is 89.1 Å². The molecule has 5 rings (SSSR count). The van der Waals surface area contributed by atoms with Crippen molar-refractivity contribution >= 4 is 28.0 Å². The number of sulfonamides is 1. The van der Waals surface area contributed by atoms with E-state index >= 15 is 0 Å². The molecule has 1 aliphatic carbocycles. The first-order valence-corrected chi connectivity index (χ1v) is 17.1. The maximum absolute atomic E-state index is 14.3. The van der Waals surface area contributed by atoms with Crippen LogP contribution in [-0.2, 0) is 14.8 Å². The summed E-state index contributed by atoms with van der Waals surface area (Å²) in [7, 11) is -4.16. The predicted octanol–water partition coefficient (Wildman–Crippen LogP) is 5.87. The van der Waals surface area contributed by atoms with Gasteiger partial charge in [0.15, 0.2) is 0 Å². The first kappa shape index (κ1) is 33.2. The highest BCUT2D eigenvalue weighted by Gasteiger charge is 2.41. The lowest BCUT2D eigenvalue weighted by molar-refractivity contribution is 0.0161. The Labute approximate surface area is 271 Å². The fraction of sp³-hybridized carbons (Fsp3) is 0.471. The highest BCUT2D eigenvalue weighted by molar-refractivity contribution is 7.92. The molecule has 46 heavy (non-hydrogen) atoms. The second-order valence-electron chi connectivity index (χ2n) is 13.6. The van der Waals surface area contributed by atoms with Crippen LogP contribution in [-0.4, -0.2) is 65.6 Å². The Balaban J connectivity index is 1.55. The van der Waals surface area contributed by atoms with Gasteiger partial charge in [-0.15, -0.1) is 0 Å². The maximum Gasteiger partial charge on any atom is 0.407 e. The second kappa shape index (κ2) is 12.9. The minimum atomic E-state index is -4.16. The number of hydrogen-bond donors (Lipinski definition) is 2. The SMILES string of the molecule is Cc1cccc(C)c1-c1cc2nc(n1)NS(=O)(=O)c1cccc(c1)C(=O)N([C@H]1C[C@@H](NC(=O)OC(C)(C)C)C1)[C@H](CC(C)C)CO2. The van der Waals surface area contributed by atoms with E-state index in [2.05, 4.69) is 33.9 Å². The standard InChI is InChI=1S/C34H43N5O6S/c1-20(2)14-26-19-44-29-18-28(30-21(3)10-8-11-22(30)4)36-32(37-29)38-46(42,43)27-13-9-12-23(15-27)31(40)39(26)25-16-24(17-25)35-33(41)45-34(5,6)7/h8-13,15,18,20,24-26H,14,16-17,19H2,1-7H3,(H,35,41)(H,36,37,38)/t24-,25+,26-/m1/s1. The number of fused-ring (bicyclic) bond motifs is 4. The van der Waals surface area contributed by atoms with Crippen molar-refractivity contribution in [1.29, 1.82) is 0 Å². The third-order valence-corrected chi connectivity index (χ3v) is 9.41. The lowest BCUT2D eigenvalue weighted by atomic mass is 9.83. The molecule has 2 N–H and O–H groups in total. The Hall–Kier alpha value is -4.19. The Bertz CT molecular complexity index is 1710. The topological polar surface area (TPSA) is 140 Å². The van der Waals surface area contributed by atoms with Crippen LogP contribution in [0.15, 0.2) is 53.4 Å². The summed E-state index contributed by atoms with van der Waals surface area (Å²) < 4.78 is 41.4. The summed E-state index contributed by atoms with van der Waals surface area (Å²) in [5.41, 5.74) is 2.93. The molecule has 1 aliphatic heterocycles. The first-order valence-electron chi connectivity index (χ1n) is 15.6. The van der Waals surface area contributed by atoms with Crippen molar-refractivity contribution in [3.63, 3.8) is 0 Å². The Kier molecular flexibility index (Phi) is 9.30. The molecule has 0 unspecified atom stereocenters.